The van der Waals surface area contributed by atoms with Gasteiger partial charge in [-0.25, -0.2) is 9.55 Å². The van der Waals surface area contributed by atoms with Crippen LogP contribution in [-0.4, -0.2) is 9.91 Å². The highest BCUT2D eigenvalue weighted by Crippen LogP contribution is 2.27. The van der Waals surface area contributed by atoms with E-state index in [1.807, 2.05) is 54.2 Å². The number of halogens is 1. The molecule has 0 radical (unpaired) electrons. The topological polar surface area (TPSA) is 59.9 Å². The molecule has 6 heteroatoms. The van der Waals surface area contributed by atoms with Gasteiger partial charge in [-0.05, 0) is 18.2 Å². The molecule has 124 valence electrons. The molecule has 0 fully saturated rings. The summed E-state index contributed by atoms with van der Waals surface area (Å²) in [6.45, 7) is 0. The molecule has 2 aromatic heterocycles. The second kappa shape index (κ2) is 6.45. The van der Waals surface area contributed by atoms with E-state index >= 15 is 0 Å². The lowest BCUT2D eigenvalue weighted by Crippen LogP contribution is -3.00. The average Bonchev–Trinajstić information content (AvgIpc) is 2.60. The molecule has 0 atom stereocenters. The van der Waals surface area contributed by atoms with Gasteiger partial charge in [0.2, 0.25) is 5.52 Å². The standard InChI is InChI=1S/C19H14N3O2.ClH/c1-21-12-15(11-14-5-2-3-7-17(14)21)16-10-9-13-6-4-8-18(22(23)24)19(13)20-16;/h2-12H,1H3;1H/q+1;/p-1. The van der Waals surface area contributed by atoms with Gasteiger partial charge in [0.05, 0.1) is 16.2 Å². The molecule has 0 unspecified atom stereocenters. The zero-order valence-corrected chi connectivity index (χ0v) is 14.1. The third-order valence-corrected chi connectivity index (χ3v) is 4.15. The number of nitro benzene ring substituents is 1. The molecule has 5 nitrogen and oxygen atoms in total. The Morgan fingerprint density at radius 2 is 1.76 bits per heavy atom. The summed E-state index contributed by atoms with van der Waals surface area (Å²) in [7, 11) is 1.98. The van der Waals surface area contributed by atoms with Crippen molar-refractivity contribution in [3.05, 3.63) is 77.0 Å². The summed E-state index contributed by atoms with van der Waals surface area (Å²) in [5.41, 5.74) is 3.21. The van der Waals surface area contributed by atoms with Crippen molar-refractivity contribution in [2.24, 2.45) is 7.05 Å². The predicted molar refractivity (Wildman–Crippen MR) is 92.5 cm³/mol. The third kappa shape index (κ3) is 2.90. The third-order valence-electron chi connectivity index (χ3n) is 4.15. The SMILES string of the molecule is C[n+]1cc(-c2ccc3cccc([N+](=O)[O-])c3n2)cc2ccccc21.[Cl-]. The molecule has 2 aromatic carbocycles. The van der Waals surface area contributed by atoms with E-state index in [2.05, 4.69) is 17.1 Å². The minimum Gasteiger partial charge on any atom is -1.00 e. The number of aryl methyl sites for hydroxylation is 1. The van der Waals surface area contributed by atoms with Crippen LogP contribution >= 0.6 is 0 Å². The first-order valence-electron chi connectivity index (χ1n) is 7.56. The minimum absolute atomic E-state index is 0. The van der Waals surface area contributed by atoms with Gasteiger partial charge in [-0.2, -0.15) is 0 Å². The van der Waals surface area contributed by atoms with E-state index in [-0.39, 0.29) is 23.0 Å². The summed E-state index contributed by atoms with van der Waals surface area (Å²) in [6, 6.07) is 18.9. The van der Waals surface area contributed by atoms with Gasteiger partial charge < -0.3 is 12.4 Å². The lowest BCUT2D eigenvalue weighted by atomic mass is 10.1. The molecule has 0 aliphatic carbocycles. The molecule has 0 N–H and O–H groups in total. The van der Waals surface area contributed by atoms with Crippen molar-refractivity contribution in [1.29, 1.82) is 0 Å². The highest BCUT2D eigenvalue weighted by atomic mass is 35.5. The van der Waals surface area contributed by atoms with Gasteiger partial charge in [0, 0.05) is 22.9 Å². The molecular weight excluding hydrogens is 338 g/mol. The first-order valence-corrected chi connectivity index (χ1v) is 7.56. The molecule has 0 amide bonds. The van der Waals surface area contributed by atoms with Gasteiger partial charge >= 0.3 is 0 Å². The molecule has 0 aliphatic rings. The number of hydrogen-bond acceptors (Lipinski definition) is 3. The average molecular weight is 352 g/mol. The largest absolute Gasteiger partial charge is 1.00 e. The van der Waals surface area contributed by atoms with Crippen LogP contribution < -0.4 is 17.0 Å². The fourth-order valence-electron chi connectivity index (χ4n) is 2.99. The highest BCUT2D eigenvalue weighted by molar-refractivity contribution is 5.89. The summed E-state index contributed by atoms with van der Waals surface area (Å²) in [4.78, 5) is 15.4. The Labute approximate surface area is 150 Å². The Kier molecular flexibility index (Phi) is 4.33. The molecule has 0 bridgehead atoms. The van der Waals surface area contributed by atoms with Crippen LogP contribution in [-0.2, 0) is 7.05 Å². The number of para-hydroxylation sites is 2. The lowest BCUT2D eigenvalue weighted by molar-refractivity contribution is -0.644. The van der Waals surface area contributed by atoms with Crippen molar-refractivity contribution in [2.45, 2.75) is 0 Å². The van der Waals surface area contributed by atoms with Crippen LogP contribution in [0, 0.1) is 10.1 Å². The first kappa shape index (κ1) is 16.8. The Balaban J connectivity index is 0.00000182. The quantitative estimate of drug-likeness (QED) is 0.305. The fourth-order valence-corrected chi connectivity index (χ4v) is 2.99. The zero-order chi connectivity index (χ0) is 16.7. The molecule has 0 saturated carbocycles. The molecular formula is C19H14ClN3O2. The number of nitro groups is 1. The van der Waals surface area contributed by atoms with Crippen molar-refractivity contribution in [1.82, 2.24) is 4.98 Å². The number of fused-ring (bicyclic) bond motifs is 2. The summed E-state index contributed by atoms with van der Waals surface area (Å²) >= 11 is 0. The summed E-state index contributed by atoms with van der Waals surface area (Å²) in [6.07, 6.45) is 1.99. The Hall–Kier alpha value is -3.05. The van der Waals surface area contributed by atoms with E-state index < -0.39 is 0 Å². The second-order valence-electron chi connectivity index (χ2n) is 5.70. The van der Waals surface area contributed by atoms with Crippen molar-refractivity contribution in [3.63, 3.8) is 0 Å². The van der Waals surface area contributed by atoms with Crippen LogP contribution in [0.15, 0.2) is 66.9 Å². The fraction of sp³-hybridized carbons (Fsp3) is 0.0526. The molecule has 0 aliphatic heterocycles. The van der Waals surface area contributed by atoms with Crippen LogP contribution in [0.4, 0.5) is 5.69 Å². The van der Waals surface area contributed by atoms with Crippen molar-refractivity contribution in [2.75, 3.05) is 0 Å². The Morgan fingerprint density at radius 3 is 2.56 bits per heavy atom. The number of non-ortho nitro benzene ring substituents is 1. The van der Waals surface area contributed by atoms with Crippen LogP contribution in [0.3, 0.4) is 0 Å². The second-order valence-corrected chi connectivity index (χ2v) is 5.70. The molecule has 0 saturated heterocycles. The lowest BCUT2D eigenvalue weighted by Gasteiger charge is -2.05. The van der Waals surface area contributed by atoms with Gasteiger partial charge in [0.25, 0.3) is 5.69 Å². The maximum absolute atomic E-state index is 11.3. The smallest absolute Gasteiger partial charge is 0.295 e. The van der Waals surface area contributed by atoms with Gasteiger partial charge in [-0.15, -0.1) is 0 Å². The molecule has 4 rings (SSSR count). The highest BCUT2D eigenvalue weighted by Gasteiger charge is 2.15. The van der Waals surface area contributed by atoms with Crippen LogP contribution in [0.25, 0.3) is 33.1 Å². The van der Waals surface area contributed by atoms with E-state index in [9.17, 15) is 10.1 Å². The van der Waals surface area contributed by atoms with Gasteiger partial charge in [-0.3, -0.25) is 10.1 Å². The molecule has 2 heterocycles. The van der Waals surface area contributed by atoms with E-state index in [4.69, 9.17) is 0 Å². The molecule has 0 spiro atoms. The van der Waals surface area contributed by atoms with Crippen molar-refractivity contribution in [3.8, 4) is 11.3 Å². The normalized spacial score (nSPS) is 10.6. The first-order chi connectivity index (χ1) is 11.6. The number of pyridine rings is 2. The van der Waals surface area contributed by atoms with E-state index in [0.717, 1.165) is 27.5 Å². The Morgan fingerprint density at radius 1 is 1.00 bits per heavy atom. The number of aromatic nitrogens is 2. The van der Waals surface area contributed by atoms with Gasteiger partial charge in [0.1, 0.15) is 12.6 Å². The summed E-state index contributed by atoms with van der Waals surface area (Å²) < 4.78 is 2.04. The Bertz CT molecular complexity index is 1110. The molecule has 4 aromatic rings. The van der Waals surface area contributed by atoms with E-state index in [0.29, 0.717) is 5.52 Å². The van der Waals surface area contributed by atoms with E-state index in [1.54, 1.807) is 6.07 Å². The number of hydrogen-bond donors (Lipinski definition) is 0. The van der Waals surface area contributed by atoms with Crippen molar-refractivity contribution < 1.29 is 21.9 Å². The predicted octanol–water partition coefficient (Wildman–Crippen LogP) is 0.792. The van der Waals surface area contributed by atoms with E-state index in [1.165, 1.54) is 6.07 Å². The molecule has 25 heavy (non-hydrogen) atoms. The maximum Gasteiger partial charge on any atom is 0.295 e. The number of benzene rings is 2. The maximum atomic E-state index is 11.3. The van der Waals surface area contributed by atoms with Crippen LogP contribution in [0.2, 0.25) is 0 Å². The monoisotopic (exact) mass is 351 g/mol. The zero-order valence-electron chi connectivity index (χ0n) is 13.4. The summed E-state index contributed by atoms with van der Waals surface area (Å²) in [5, 5.41) is 13.1. The number of rotatable bonds is 2. The summed E-state index contributed by atoms with van der Waals surface area (Å²) in [5.74, 6) is 0. The van der Waals surface area contributed by atoms with Crippen LogP contribution in [0.1, 0.15) is 0 Å². The van der Waals surface area contributed by atoms with Gasteiger partial charge in [0.15, 0.2) is 6.20 Å². The minimum atomic E-state index is -0.389. The van der Waals surface area contributed by atoms with Gasteiger partial charge in [-0.1, -0.05) is 30.3 Å². The van der Waals surface area contributed by atoms with Crippen LogP contribution in [0.5, 0.6) is 0 Å². The number of nitrogens with zero attached hydrogens (tertiary/aromatic N) is 3. The van der Waals surface area contributed by atoms with Crippen molar-refractivity contribution >= 4 is 27.5 Å².